The fourth-order valence-electron chi connectivity index (χ4n) is 7.23. The summed E-state index contributed by atoms with van der Waals surface area (Å²) in [5.74, 6) is -0.707. The van der Waals surface area contributed by atoms with Crippen LogP contribution in [0.3, 0.4) is 0 Å². The predicted molar refractivity (Wildman–Crippen MR) is 250 cm³/mol. The normalized spacial score (nSPS) is 15.6. The molecule has 0 aromatic heterocycles. The number of rotatable bonds is 19. The summed E-state index contributed by atoms with van der Waals surface area (Å²) in [6.45, 7) is -1.45. The Balaban J connectivity index is 1.03. The van der Waals surface area contributed by atoms with Crippen LogP contribution in [-0.2, 0) is 49.4 Å². The zero-order valence-corrected chi connectivity index (χ0v) is 38.6. The number of methoxy groups -OCH3 is 1. The number of alkyl carbamates (subject to hydrolysis) is 1. The number of amides is 5. The molecular formula is C45H47N9O16S. The highest BCUT2D eigenvalue weighted by Gasteiger charge is 2.45. The van der Waals surface area contributed by atoms with Gasteiger partial charge in [-0.3, -0.25) is 55.6 Å². The van der Waals surface area contributed by atoms with Crippen LogP contribution in [-0.4, -0.2) is 127 Å². The number of likely N-dealkylation sites (tertiary alicyclic amines) is 2. The molecule has 3 atom stereocenters. The van der Waals surface area contributed by atoms with Crippen molar-refractivity contribution in [3.8, 4) is 5.75 Å². The van der Waals surface area contributed by atoms with Gasteiger partial charge in [-0.05, 0) is 77.2 Å². The number of nitrogens with one attached hydrogen (secondary N) is 3. The fraction of sp³-hybridized carbons (Fsp3) is 0.333. The van der Waals surface area contributed by atoms with Crippen LogP contribution >= 0.6 is 11.8 Å². The smallest absolute Gasteiger partial charge is 0.417 e. The van der Waals surface area contributed by atoms with Gasteiger partial charge in [0.05, 0.1) is 47.0 Å². The number of benzene rings is 4. The standard InChI is InChI=1S/C45H47N9O16S/c1-67-37-16-8-31(9-17-37)27-71-38-19-39(50(23-38)44(59)69-25-29-4-12-34(13-5-29)53(63)64)41(57)49-20-32(21-49)47-40(56)18-36(55)22-51(45(60)70-26-30-6-14-35(15-7-30)54(65)66)42(46)48-43(58)68-24-28-2-10-33(11-3-28)52(61)62/h2-17,32,36,38-39,55H,18-27H2,1H3,(H,47,56)(H2,46,48,58)/t36?,38-,39-/m0/s1. The van der Waals surface area contributed by atoms with E-state index in [0.717, 1.165) is 5.56 Å². The summed E-state index contributed by atoms with van der Waals surface area (Å²) in [6.07, 6.45) is -5.18. The van der Waals surface area contributed by atoms with E-state index in [9.17, 15) is 59.4 Å². The number of carbonyl (C=O) groups excluding carboxylic acids is 5. The molecule has 5 amide bonds. The maximum atomic E-state index is 14.0. The molecule has 4 N–H and O–H groups in total. The number of aliphatic hydroxyl groups is 1. The van der Waals surface area contributed by atoms with Crippen molar-refractivity contribution < 1.29 is 62.8 Å². The second-order valence-electron chi connectivity index (χ2n) is 16.1. The van der Waals surface area contributed by atoms with Crippen LogP contribution in [0.15, 0.2) is 97.1 Å². The lowest BCUT2D eigenvalue weighted by atomic mass is 10.1. The number of guanidine groups is 1. The number of nitro groups is 3. The van der Waals surface area contributed by atoms with E-state index in [1.165, 1.54) is 82.6 Å². The maximum Gasteiger partial charge on any atom is 0.417 e. The van der Waals surface area contributed by atoms with Crippen molar-refractivity contribution >= 4 is 64.9 Å². The van der Waals surface area contributed by atoms with Crippen LogP contribution in [0.4, 0.5) is 31.4 Å². The first-order valence-corrected chi connectivity index (χ1v) is 22.6. The van der Waals surface area contributed by atoms with Gasteiger partial charge < -0.3 is 34.3 Å². The molecule has 0 radical (unpaired) electrons. The van der Waals surface area contributed by atoms with Gasteiger partial charge in [0.25, 0.3) is 17.1 Å². The molecule has 4 aromatic rings. The lowest BCUT2D eigenvalue weighted by Gasteiger charge is -2.41. The van der Waals surface area contributed by atoms with Crippen molar-refractivity contribution in [3.63, 3.8) is 0 Å². The second-order valence-corrected chi connectivity index (χ2v) is 17.4. The SMILES string of the molecule is COc1ccc(CS[C@H]2C[C@@H](C(=O)N3CC(NC(=O)CC(O)CN(C(=N)NC(=O)OCc4ccc([N+](=O)[O-])cc4)C(=O)OCc4ccc([N+](=O)[O-])cc4)C3)N(C(=O)OCc3ccc([N+](=O)[O-])cc3)C2)cc1. The molecule has 374 valence electrons. The number of nitro benzene ring substituents is 3. The van der Waals surface area contributed by atoms with Crippen LogP contribution < -0.4 is 15.4 Å². The van der Waals surface area contributed by atoms with Crippen LogP contribution in [0.2, 0.25) is 0 Å². The van der Waals surface area contributed by atoms with E-state index in [1.54, 1.807) is 18.9 Å². The molecule has 0 saturated carbocycles. The molecule has 2 fully saturated rings. The molecular weight excluding hydrogens is 955 g/mol. The summed E-state index contributed by atoms with van der Waals surface area (Å²) in [6, 6.07) is 21.6. The van der Waals surface area contributed by atoms with E-state index in [1.807, 2.05) is 29.6 Å². The van der Waals surface area contributed by atoms with Crippen LogP contribution in [0.5, 0.6) is 5.75 Å². The van der Waals surface area contributed by atoms with E-state index in [-0.39, 0.29) is 61.1 Å². The Hall–Kier alpha value is -8.39. The van der Waals surface area contributed by atoms with Crippen molar-refractivity contribution in [2.24, 2.45) is 0 Å². The fourth-order valence-corrected chi connectivity index (χ4v) is 8.43. The Bertz CT molecular complexity index is 2600. The van der Waals surface area contributed by atoms with Gasteiger partial charge >= 0.3 is 18.3 Å². The molecule has 2 aliphatic heterocycles. The number of nitrogens with zero attached hydrogens (tertiary/aromatic N) is 6. The number of hydrogen-bond donors (Lipinski definition) is 4. The van der Waals surface area contributed by atoms with Crippen molar-refractivity contribution in [2.75, 3.05) is 33.3 Å². The predicted octanol–water partition coefficient (Wildman–Crippen LogP) is 5.01. The largest absolute Gasteiger partial charge is 0.497 e. The summed E-state index contributed by atoms with van der Waals surface area (Å²) in [5, 5.41) is 57.1. The number of carbonyl (C=O) groups is 5. The molecule has 71 heavy (non-hydrogen) atoms. The van der Waals surface area contributed by atoms with Gasteiger partial charge in [-0.25, -0.2) is 19.3 Å². The highest BCUT2D eigenvalue weighted by atomic mass is 32.2. The Morgan fingerprint density at radius 2 is 1.24 bits per heavy atom. The molecule has 26 heteroatoms. The average molecular weight is 1000 g/mol. The van der Waals surface area contributed by atoms with Crippen LogP contribution in [0.25, 0.3) is 0 Å². The molecule has 25 nitrogen and oxygen atoms in total. The molecule has 6 rings (SSSR count). The molecule has 2 saturated heterocycles. The Labute approximate surface area is 407 Å². The van der Waals surface area contributed by atoms with Crippen molar-refractivity contribution in [2.45, 2.75) is 61.9 Å². The second kappa shape index (κ2) is 24.2. The summed E-state index contributed by atoms with van der Waals surface area (Å²) in [7, 11) is 1.57. The number of non-ortho nitro benzene ring substituents is 3. The minimum atomic E-state index is -1.64. The van der Waals surface area contributed by atoms with E-state index < -0.39 is 82.7 Å². The van der Waals surface area contributed by atoms with Gasteiger partial charge in [-0.2, -0.15) is 11.8 Å². The number of hydrogen-bond acceptors (Lipinski definition) is 18. The summed E-state index contributed by atoms with van der Waals surface area (Å²) < 4.78 is 21.1. The number of ether oxygens (including phenoxy) is 4. The van der Waals surface area contributed by atoms with E-state index in [4.69, 9.17) is 24.4 Å². The van der Waals surface area contributed by atoms with Gasteiger partial charge in [0.1, 0.15) is 31.6 Å². The maximum absolute atomic E-state index is 14.0. The first kappa shape index (κ1) is 52.0. The number of aliphatic hydroxyl groups excluding tert-OH is 1. The van der Waals surface area contributed by atoms with Crippen molar-refractivity contribution in [1.29, 1.82) is 5.41 Å². The summed E-state index contributed by atoms with van der Waals surface area (Å²) >= 11 is 1.56. The summed E-state index contributed by atoms with van der Waals surface area (Å²) in [5.41, 5.74) is 1.65. The Morgan fingerprint density at radius 1 is 0.746 bits per heavy atom. The van der Waals surface area contributed by atoms with E-state index in [2.05, 4.69) is 5.32 Å². The molecule has 0 bridgehead atoms. The van der Waals surface area contributed by atoms with Crippen molar-refractivity contribution in [3.05, 3.63) is 150 Å². The lowest BCUT2D eigenvalue weighted by Crippen LogP contribution is -2.64. The van der Waals surface area contributed by atoms with Gasteiger partial charge in [0.2, 0.25) is 17.8 Å². The third kappa shape index (κ3) is 14.8. The first-order valence-electron chi connectivity index (χ1n) is 21.6. The third-order valence-corrected chi connectivity index (χ3v) is 12.4. The topological polar surface area (TPSA) is 330 Å². The zero-order chi connectivity index (χ0) is 51.2. The minimum Gasteiger partial charge on any atom is -0.497 e. The first-order chi connectivity index (χ1) is 34.0. The zero-order valence-electron chi connectivity index (χ0n) is 37.8. The van der Waals surface area contributed by atoms with Gasteiger partial charge in [-0.15, -0.1) is 0 Å². The van der Waals surface area contributed by atoms with Crippen molar-refractivity contribution in [1.82, 2.24) is 25.3 Å². The lowest BCUT2D eigenvalue weighted by molar-refractivity contribution is -0.385. The van der Waals surface area contributed by atoms with Crippen LogP contribution in [0.1, 0.15) is 35.1 Å². The third-order valence-electron chi connectivity index (χ3n) is 11.0. The summed E-state index contributed by atoms with van der Waals surface area (Å²) in [4.78, 5) is 101. The monoisotopic (exact) mass is 1000 g/mol. The van der Waals surface area contributed by atoms with Gasteiger partial charge in [0, 0.05) is 67.0 Å². The van der Waals surface area contributed by atoms with Gasteiger partial charge in [0.15, 0.2) is 0 Å². The Kier molecular flexibility index (Phi) is 17.8. The van der Waals surface area contributed by atoms with Crippen LogP contribution in [0, 0.1) is 35.8 Å². The molecule has 4 aromatic carbocycles. The van der Waals surface area contributed by atoms with Gasteiger partial charge in [-0.1, -0.05) is 12.1 Å². The molecule has 0 spiro atoms. The minimum absolute atomic E-state index is 0.0597. The molecule has 2 aliphatic rings. The Morgan fingerprint density at radius 3 is 1.75 bits per heavy atom. The number of thioether (sulfide) groups is 1. The molecule has 2 heterocycles. The molecule has 0 aliphatic carbocycles. The highest BCUT2D eigenvalue weighted by Crippen LogP contribution is 2.33. The highest BCUT2D eigenvalue weighted by molar-refractivity contribution is 7.99. The van der Waals surface area contributed by atoms with E-state index in [0.29, 0.717) is 39.5 Å². The quantitative estimate of drug-likeness (QED) is 0.0315. The van der Waals surface area contributed by atoms with E-state index >= 15 is 0 Å². The average Bonchev–Trinajstić information content (AvgIpc) is 3.78. The molecule has 1 unspecified atom stereocenters.